The van der Waals surface area contributed by atoms with Crippen LogP contribution in [0.25, 0.3) is 0 Å². The van der Waals surface area contributed by atoms with Gasteiger partial charge in [-0.1, -0.05) is 30.3 Å². The summed E-state index contributed by atoms with van der Waals surface area (Å²) in [5, 5.41) is 18.1. The lowest BCUT2D eigenvalue weighted by Gasteiger charge is -2.20. The molecule has 4 aromatic rings. The molecule has 0 saturated carbocycles. The van der Waals surface area contributed by atoms with E-state index in [2.05, 4.69) is 25.7 Å². The molecule has 3 aromatic heterocycles. The molecule has 1 atom stereocenters. The topological polar surface area (TPSA) is 124 Å². The zero-order valence-corrected chi connectivity index (χ0v) is 19.5. The van der Waals surface area contributed by atoms with Crippen molar-refractivity contribution < 1.29 is 14.3 Å². The number of benzene rings is 1. The molecule has 10 nitrogen and oxygen atoms in total. The summed E-state index contributed by atoms with van der Waals surface area (Å²) in [6.07, 6.45) is 5.22. The number of rotatable bonds is 10. The van der Waals surface area contributed by atoms with Crippen LogP contribution < -0.4 is 15.6 Å². The molecule has 2 N–H and O–H groups in total. The van der Waals surface area contributed by atoms with E-state index >= 15 is 0 Å². The van der Waals surface area contributed by atoms with E-state index in [1.165, 1.54) is 12.3 Å². The fourth-order valence-electron chi connectivity index (χ4n) is 3.70. The molecule has 1 aromatic carbocycles. The highest BCUT2D eigenvalue weighted by Crippen LogP contribution is 2.21. The first kappa shape index (κ1) is 23.8. The van der Waals surface area contributed by atoms with Gasteiger partial charge in [0.05, 0.1) is 43.8 Å². The van der Waals surface area contributed by atoms with Crippen molar-refractivity contribution in [1.29, 1.82) is 0 Å². The normalized spacial score (nSPS) is 11.7. The van der Waals surface area contributed by atoms with Crippen LogP contribution in [0.4, 0.5) is 0 Å². The number of carbonyl (C=O) groups excluding carboxylic acids is 1. The molecule has 1 unspecified atom stereocenters. The minimum atomic E-state index is -0.400. The van der Waals surface area contributed by atoms with Gasteiger partial charge < -0.3 is 19.4 Å². The Kier molecular flexibility index (Phi) is 7.63. The Morgan fingerprint density at radius 3 is 2.74 bits per heavy atom. The highest BCUT2D eigenvalue weighted by molar-refractivity contribution is 5.95. The first-order valence-corrected chi connectivity index (χ1v) is 11.0. The summed E-state index contributed by atoms with van der Waals surface area (Å²) in [6, 6.07) is 14.2. The molecule has 0 aliphatic heterocycles. The Bertz CT molecular complexity index is 1330. The summed E-state index contributed by atoms with van der Waals surface area (Å²) in [4.78, 5) is 25.2. The number of aromatic nitrogens is 5. The average molecular weight is 475 g/mol. The van der Waals surface area contributed by atoms with Gasteiger partial charge in [0.25, 0.3) is 11.5 Å². The van der Waals surface area contributed by atoms with Crippen molar-refractivity contribution in [2.75, 3.05) is 14.2 Å². The number of hydrogen-bond acceptors (Lipinski definition) is 7. The summed E-state index contributed by atoms with van der Waals surface area (Å²) in [5.74, 6) is 0.299. The number of methoxy groups -OCH3 is 2. The van der Waals surface area contributed by atoms with Crippen LogP contribution in [-0.4, -0.2) is 45.1 Å². The molecule has 0 aliphatic rings. The molecule has 4 rings (SSSR count). The van der Waals surface area contributed by atoms with Gasteiger partial charge in [0.15, 0.2) is 0 Å². The van der Waals surface area contributed by atoms with Crippen LogP contribution in [-0.2, 0) is 24.3 Å². The summed E-state index contributed by atoms with van der Waals surface area (Å²) in [6.45, 7) is 0.666. The lowest BCUT2D eigenvalue weighted by molar-refractivity contribution is 0.0931. The van der Waals surface area contributed by atoms with Crippen molar-refractivity contribution in [2.45, 2.75) is 25.6 Å². The average Bonchev–Trinajstić information content (AvgIpc) is 3.34. The quantitative estimate of drug-likeness (QED) is 0.361. The summed E-state index contributed by atoms with van der Waals surface area (Å²) < 4.78 is 12.0. The molecule has 0 fully saturated rings. The van der Waals surface area contributed by atoms with E-state index in [1.54, 1.807) is 43.3 Å². The van der Waals surface area contributed by atoms with Crippen LogP contribution in [0.3, 0.4) is 0 Å². The number of pyridine rings is 1. The standard InChI is InChI=1S/C25H26N6O4/c1-34-16-23-21(14-27-30-23)25(33)28-22(12-19-11-20(35-2)13-26-29-19)18-8-6-17(7-9-18)15-31-10-4-3-5-24(31)32/h3-11,13-14,22H,12,15-16H2,1-2H3,(H,27,30)(H,28,33). The fourth-order valence-corrected chi connectivity index (χ4v) is 3.70. The van der Waals surface area contributed by atoms with Crippen molar-refractivity contribution in [2.24, 2.45) is 0 Å². The van der Waals surface area contributed by atoms with Crippen molar-refractivity contribution in [3.8, 4) is 5.75 Å². The Morgan fingerprint density at radius 1 is 1.17 bits per heavy atom. The maximum atomic E-state index is 13.1. The van der Waals surface area contributed by atoms with Gasteiger partial charge in [0.1, 0.15) is 11.4 Å². The third kappa shape index (κ3) is 5.98. The second kappa shape index (κ2) is 11.2. The van der Waals surface area contributed by atoms with Gasteiger partial charge in [-0.05, 0) is 17.2 Å². The van der Waals surface area contributed by atoms with Crippen LogP contribution in [0.2, 0.25) is 0 Å². The Balaban J connectivity index is 1.59. The number of nitrogens with zero attached hydrogens (tertiary/aromatic N) is 4. The van der Waals surface area contributed by atoms with E-state index in [0.717, 1.165) is 11.1 Å². The lowest BCUT2D eigenvalue weighted by Crippen LogP contribution is -2.30. The van der Waals surface area contributed by atoms with E-state index < -0.39 is 6.04 Å². The van der Waals surface area contributed by atoms with E-state index in [-0.39, 0.29) is 18.1 Å². The predicted octanol–water partition coefficient (Wildman–Crippen LogP) is 2.28. The van der Waals surface area contributed by atoms with Crippen LogP contribution >= 0.6 is 0 Å². The number of hydrogen-bond donors (Lipinski definition) is 2. The molecule has 0 bridgehead atoms. The van der Waals surface area contributed by atoms with E-state index in [1.807, 2.05) is 30.3 Å². The van der Waals surface area contributed by atoms with Gasteiger partial charge in [0, 0.05) is 38.1 Å². The second-order valence-electron chi connectivity index (χ2n) is 7.90. The number of aromatic amines is 1. The highest BCUT2D eigenvalue weighted by atomic mass is 16.5. The molecule has 0 saturated heterocycles. The molecule has 35 heavy (non-hydrogen) atoms. The summed E-state index contributed by atoms with van der Waals surface area (Å²) in [5.41, 5.74) is 3.38. The third-order valence-electron chi connectivity index (χ3n) is 5.51. The summed E-state index contributed by atoms with van der Waals surface area (Å²) in [7, 11) is 3.11. The molecule has 0 radical (unpaired) electrons. The molecule has 3 heterocycles. The first-order chi connectivity index (χ1) is 17.1. The van der Waals surface area contributed by atoms with Gasteiger partial charge in [-0.3, -0.25) is 14.7 Å². The zero-order valence-electron chi connectivity index (χ0n) is 19.5. The SMILES string of the molecule is COCc1n[nH]cc1C(=O)NC(Cc1cc(OC)cnn1)c1ccc(Cn2ccccc2=O)cc1. The lowest BCUT2D eigenvalue weighted by atomic mass is 9.99. The van der Waals surface area contributed by atoms with E-state index in [4.69, 9.17) is 9.47 Å². The molecule has 10 heteroatoms. The van der Waals surface area contributed by atoms with Gasteiger partial charge in [-0.2, -0.15) is 15.3 Å². The molecular formula is C25H26N6O4. The molecule has 1 amide bonds. The van der Waals surface area contributed by atoms with Crippen LogP contribution in [0, 0.1) is 0 Å². The molecule has 0 spiro atoms. The minimum absolute atomic E-state index is 0.0645. The highest BCUT2D eigenvalue weighted by Gasteiger charge is 2.21. The number of H-pyrrole nitrogens is 1. The van der Waals surface area contributed by atoms with Gasteiger partial charge in [-0.25, -0.2) is 0 Å². The first-order valence-electron chi connectivity index (χ1n) is 11.0. The zero-order chi connectivity index (χ0) is 24.6. The summed E-state index contributed by atoms with van der Waals surface area (Å²) >= 11 is 0. The minimum Gasteiger partial charge on any atom is -0.495 e. The van der Waals surface area contributed by atoms with Crippen LogP contribution in [0.1, 0.15) is 38.9 Å². The van der Waals surface area contributed by atoms with E-state index in [0.29, 0.717) is 35.7 Å². The van der Waals surface area contributed by atoms with Gasteiger partial charge in [-0.15, -0.1) is 0 Å². The van der Waals surface area contributed by atoms with Crippen LogP contribution in [0.15, 0.2) is 71.9 Å². The Hall–Kier alpha value is -4.31. The third-order valence-corrected chi connectivity index (χ3v) is 5.51. The molecular weight excluding hydrogens is 448 g/mol. The largest absolute Gasteiger partial charge is 0.495 e. The number of amides is 1. The van der Waals surface area contributed by atoms with Gasteiger partial charge in [0.2, 0.25) is 0 Å². The Morgan fingerprint density at radius 2 is 2.00 bits per heavy atom. The van der Waals surface area contributed by atoms with Crippen molar-refractivity contribution in [1.82, 2.24) is 30.3 Å². The van der Waals surface area contributed by atoms with Gasteiger partial charge >= 0.3 is 0 Å². The van der Waals surface area contributed by atoms with Crippen molar-refractivity contribution in [3.05, 3.63) is 106 Å². The van der Waals surface area contributed by atoms with Crippen molar-refractivity contribution >= 4 is 5.91 Å². The predicted molar refractivity (Wildman–Crippen MR) is 128 cm³/mol. The smallest absolute Gasteiger partial charge is 0.255 e. The fraction of sp³-hybridized carbons (Fsp3) is 0.240. The number of nitrogens with one attached hydrogen (secondary N) is 2. The molecule has 0 aliphatic carbocycles. The van der Waals surface area contributed by atoms with Crippen molar-refractivity contribution in [3.63, 3.8) is 0 Å². The maximum Gasteiger partial charge on any atom is 0.255 e. The monoisotopic (exact) mass is 474 g/mol. The maximum absolute atomic E-state index is 13.1. The second-order valence-corrected chi connectivity index (χ2v) is 7.90. The van der Waals surface area contributed by atoms with E-state index in [9.17, 15) is 9.59 Å². The molecule has 180 valence electrons. The van der Waals surface area contributed by atoms with Crippen LogP contribution in [0.5, 0.6) is 5.75 Å². The Labute approximate surface area is 201 Å². The number of carbonyl (C=O) groups is 1. The number of ether oxygens (including phenoxy) is 2.